The maximum Gasteiger partial charge on any atom is 0.222 e. The van der Waals surface area contributed by atoms with Crippen molar-refractivity contribution in [2.24, 2.45) is 0 Å². The van der Waals surface area contributed by atoms with E-state index in [1.807, 2.05) is 30.3 Å². The highest BCUT2D eigenvalue weighted by atomic mass is 16.5. The van der Waals surface area contributed by atoms with Crippen molar-refractivity contribution in [1.82, 2.24) is 4.90 Å². The van der Waals surface area contributed by atoms with Crippen LogP contribution < -0.4 is 0 Å². The minimum absolute atomic E-state index is 0.0119. The number of rotatable bonds is 11. The first-order valence-corrected chi connectivity index (χ1v) is 7.91. The molecule has 0 saturated carbocycles. The van der Waals surface area contributed by atoms with E-state index in [0.717, 1.165) is 6.42 Å². The van der Waals surface area contributed by atoms with Crippen molar-refractivity contribution in [2.45, 2.75) is 32.1 Å². The number of nitrogens with zero attached hydrogens (tertiary/aromatic N) is 3. The lowest BCUT2D eigenvalue weighted by Crippen LogP contribution is -2.32. The summed E-state index contributed by atoms with van der Waals surface area (Å²) in [5.74, 6) is -0.0119. The molecule has 0 aromatic heterocycles. The van der Waals surface area contributed by atoms with Crippen LogP contribution in [0.25, 0.3) is 0 Å². The molecule has 0 bridgehead atoms. The van der Waals surface area contributed by atoms with E-state index in [1.54, 1.807) is 4.90 Å². The average Bonchev–Trinajstić information content (AvgIpc) is 2.59. The third kappa shape index (κ3) is 8.60. The Morgan fingerprint density at radius 1 is 1.04 bits per heavy atom. The normalized spacial score (nSPS) is 9.83. The molecule has 0 N–H and O–H groups in total. The number of hydrogen-bond donors (Lipinski definition) is 0. The molecule has 23 heavy (non-hydrogen) atoms. The number of nitriles is 2. The largest absolute Gasteiger partial charge is 0.381 e. The van der Waals surface area contributed by atoms with E-state index >= 15 is 0 Å². The van der Waals surface area contributed by atoms with E-state index in [1.165, 1.54) is 5.56 Å². The second kappa shape index (κ2) is 12.2. The summed E-state index contributed by atoms with van der Waals surface area (Å²) in [5.41, 5.74) is 1.24. The van der Waals surface area contributed by atoms with Crippen LogP contribution in [0.1, 0.15) is 31.2 Å². The summed E-state index contributed by atoms with van der Waals surface area (Å²) in [6, 6.07) is 14.2. The third-order valence-electron chi connectivity index (χ3n) is 3.40. The van der Waals surface area contributed by atoms with Gasteiger partial charge in [-0.05, 0) is 18.4 Å². The van der Waals surface area contributed by atoms with Gasteiger partial charge in [-0.25, -0.2) is 0 Å². The predicted octanol–water partition coefficient (Wildman–Crippen LogP) is 2.68. The molecule has 0 atom stereocenters. The molecule has 0 aliphatic heterocycles. The van der Waals surface area contributed by atoms with E-state index in [4.69, 9.17) is 15.3 Å². The van der Waals surface area contributed by atoms with Crippen molar-refractivity contribution in [2.75, 3.05) is 26.3 Å². The molecule has 1 rings (SSSR count). The van der Waals surface area contributed by atoms with Gasteiger partial charge in [-0.2, -0.15) is 10.5 Å². The van der Waals surface area contributed by atoms with Crippen molar-refractivity contribution < 1.29 is 9.53 Å². The fourth-order valence-corrected chi connectivity index (χ4v) is 2.15. The minimum atomic E-state index is -0.0119. The molecule has 122 valence electrons. The lowest BCUT2D eigenvalue weighted by atomic mass is 10.2. The van der Waals surface area contributed by atoms with Crippen LogP contribution in [0.2, 0.25) is 0 Å². The van der Waals surface area contributed by atoms with Gasteiger partial charge in [-0.3, -0.25) is 4.79 Å². The number of ether oxygens (including phenoxy) is 1. The van der Waals surface area contributed by atoms with Crippen LogP contribution in [0.15, 0.2) is 30.3 Å². The van der Waals surface area contributed by atoms with Crippen LogP contribution in [-0.2, 0) is 16.0 Å². The Morgan fingerprint density at radius 2 is 1.70 bits per heavy atom. The summed E-state index contributed by atoms with van der Waals surface area (Å²) in [7, 11) is 0. The standard InChI is InChI=1S/C18H23N3O2/c19-11-5-13-21(14-6-12-20)18(22)9-4-15-23-16-10-17-7-2-1-3-8-17/h1-3,7-8H,4-6,9-10,13-16H2. The molecule has 0 spiro atoms. The Kier molecular flexibility index (Phi) is 9.91. The maximum atomic E-state index is 12.1. The van der Waals surface area contributed by atoms with Gasteiger partial charge in [0.2, 0.25) is 5.91 Å². The lowest BCUT2D eigenvalue weighted by Gasteiger charge is -2.20. The topological polar surface area (TPSA) is 77.1 Å². The van der Waals surface area contributed by atoms with Crippen LogP contribution in [0.4, 0.5) is 0 Å². The highest BCUT2D eigenvalue weighted by Gasteiger charge is 2.12. The summed E-state index contributed by atoms with van der Waals surface area (Å²) < 4.78 is 5.55. The Bertz CT molecular complexity index is 513. The molecule has 1 amide bonds. The van der Waals surface area contributed by atoms with Crippen molar-refractivity contribution in [3.8, 4) is 12.1 Å². The van der Waals surface area contributed by atoms with Gasteiger partial charge in [0, 0.05) is 26.1 Å². The zero-order valence-electron chi connectivity index (χ0n) is 13.4. The quantitative estimate of drug-likeness (QED) is 0.588. The summed E-state index contributed by atoms with van der Waals surface area (Å²) >= 11 is 0. The molecule has 1 aromatic carbocycles. The number of amides is 1. The zero-order valence-corrected chi connectivity index (χ0v) is 13.4. The van der Waals surface area contributed by atoms with Gasteiger partial charge in [0.15, 0.2) is 0 Å². The monoisotopic (exact) mass is 313 g/mol. The molecular formula is C18H23N3O2. The smallest absolute Gasteiger partial charge is 0.222 e. The predicted molar refractivity (Wildman–Crippen MR) is 87.2 cm³/mol. The van der Waals surface area contributed by atoms with Crippen LogP contribution in [-0.4, -0.2) is 37.1 Å². The lowest BCUT2D eigenvalue weighted by molar-refractivity contribution is -0.131. The first-order valence-electron chi connectivity index (χ1n) is 7.91. The molecule has 0 aliphatic rings. The number of carbonyl (C=O) groups is 1. The van der Waals surface area contributed by atoms with E-state index in [-0.39, 0.29) is 5.91 Å². The Balaban J connectivity index is 2.16. The van der Waals surface area contributed by atoms with Gasteiger partial charge < -0.3 is 9.64 Å². The minimum Gasteiger partial charge on any atom is -0.381 e. The molecule has 0 aliphatic carbocycles. The van der Waals surface area contributed by atoms with Gasteiger partial charge in [0.1, 0.15) is 0 Å². The summed E-state index contributed by atoms with van der Waals surface area (Å²) in [6.45, 7) is 1.98. The summed E-state index contributed by atoms with van der Waals surface area (Å²) in [5, 5.41) is 17.2. The zero-order chi connectivity index (χ0) is 16.8. The Labute approximate surface area is 138 Å². The molecule has 1 aromatic rings. The SMILES string of the molecule is N#CCCN(CCC#N)C(=O)CCCOCCc1ccccc1. The van der Waals surface area contributed by atoms with Crippen molar-refractivity contribution in [1.29, 1.82) is 10.5 Å². The summed E-state index contributed by atoms with van der Waals surface area (Å²) in [6.07, 6.45) is 2.51. The van der Waals surface area contributed by atoms with Crippen LogP contribution in [0.3, 0.4) is 0 Å². The number of benzene rings is 1. The van der Waals surface area contributed by atoms with Crippen molar-refractivity contribution >= 4 is 5.91 Å². The van der Waals surface area contributed by atoms with Crippen LogP contribution >= 0.6 is 0 Å². The fourth-order valence-electron chi connectivity index (χ4n) is 2.15. The second-order valence-electron chi connectivity index (χ2n) is 5.15. The fraction of sp³-hybridized carbons (Fsp3) is 0.500. The van der Waals surface area contributed by atoms with E-state index in [2.05, 4.69) is 12.1 Å². The van der Waals surface area contributed by atoms with Gasteiger partial charge in [0.25, 0.3) is 0 Å². The van der Waals surface area contributed by atoms with Gasteiger partial charge in [0.05, 0.1) is 31.6 Å². The van der Waals surface area contributed by atoms with E-state index in [0.29, 0.717) is 52.0 Å². The highest BCUT2D eigenvalue weighted by molar-refractivity contribution is 5.76. The maximum absolute atomic E-state index is 12.1. The molecule has 0 saturated heterocycles. The van der Waals surface area contributed by atoms with E-state index < -0.39 is 0 Å². The second-order valence-corrected chi connectivity index (χ2v) is 5.15. The number of carbonyl (C=O) groups excluding carboxylic acids is 1. The Hall–Kier alpha value is -2.37. The first kappa shape index (κ1) is 18.7. The van der Waals surface area contributed by atoms with Crippen molar-refractivity contribution in [3.05, 3.63) is 35.9 Å². The molecule has 0 radical (unpaired) electrons. The van der Waals surface area contributed by atoms with Crippen LogP contribution in [0.5, 0.6) is 0 Å². The highest BCUT2D eigenvalue weighted by Crippen LogP contribution is 2.03. The van der Waals surface area contributed by atoms with Gasteiger partial charge >= 0.3 is 0 Å². The molecule has 5 heteroatoms. The first-order chi connectivity index (χ1) is 11.3. The number of hydrogen-bond acceptors (Lipinski definition) is 4. The molecule has 0 heterocycles. The molecule has 0 unspecified atom stereocenters. The van der Waals surface area contributed by atoms with Gasteiger partial charge in [-0.1, -0.05) is 30.3 Å². The summed E-state index contributed by atoms with van der Waals surface area (Å²) in [4.78, 5) is 13.7. The Morgan fingerprint density at radius 3 is 2.30 bits per heavy atom. The van der Waals surface area contributed by atoms with Gasteiger partial charge in [-0.15, -0.1) is 0 Å². The van der Waals surface area contributed by atoms with Crippen LogP contribution in [0, 0.1) is 22.7 Å². The average molecular weight is 313 g/mol. The van der Waals surface area contributed by atoms with Crippen molar-refractivity contribution in [3.63, 3.8) is 0 Å². The van der Waals surface area contributed by atoms with E-state index in [9.17, 15) is 4.79 Å². The molecule has 5 nitrogen and oxygen atoms in total. The third-order valence-corrected chi connectivity index (χ3v) is 3.40. The molecule has 0 fully saturated rings. The molecular weight excluding hydrogens is 290 g/mol.